The molecule has 0 radical (unpaired) electrons. The van der Waals surface area contributed by atoms with Crippen LogP contribution in [-0.4, -0.2) is 62.6 Å². The number of rotatable bonds is 7. The van der Waals surface area contributed by atoms with Crippen molar-refractivity contribution < 1.29 is 36.6 Å². The maximum absolute atomic E-state index is 14.9. The SMILES string of the molecule is CC(C)[C@H](NC(=O)OC(C)(C)C)C(=O)N1CCC(COc2ccc(-c3ccc4c(c3)OCS4(=O)=O)cc2F)CC1. The van der Waals surface area contributed by atoms with Gasteiger partial charge < -0.3 is 24.4 Å². The molecule has 0 bridgehead atoms. The minimum atomic E-state index is -3.42. The molecule has 0 spiro atoms. The average molecular weight is 577 g/mol. The number of halogens is 1. The van der Waals surface area contributed by atoms with Crippen molar-refractivity contribution in [2.24, 2.45) is 11.8 Å². The predicted molar refractivity (Wildman–Crippen MR) is 147 cm³/mol. The summed E-state index contributed by atoms with van der Waals surface area (Å²) in [5, 5.41) is 2.71. The van der Waals surface area contributed by atoms with Crippen LogP contribution < -0.4 is 14.8 Å². The van der Waals surface area contributed by atoms with Crippen molar-refractivity contribution in [3.05, 3.63) is 42.2 Å². The number of carbonyl (C=O) groups is 2. The molecule has 40 heavy (non-hydrogen) atoms. The average Bonchev–Trinajstić information content (AvgIpc) is 3.19. The molecule has 11 heteroatoms. The second-order valence-corrected chi connectivity index (χ2v) is 13.5. The van der Waals surface area contributed by atoms with Crippen molar-refractivity contribution in [3.63, 3.8) is 0 Å². The van der Waals surface area contributed by atoms with Crippen LogP contribution >= 0.6 is 0 Å². The molecule has 218 valence electrons. The molecule has 1 N–H and O–H groups in total. The van der Waals surface area contributed by atoms with Crippen LogP contribution in [0, 0.1) is 17.7 Å². The first kappa shape index (κ1) is 29.6. The molecule has 0 unspecified atom stereocenters. The van der Waals surface area contributed by atoms with Gasteiger partial charge in [-0.25, -0.2) is 17.6 Å². The Kier molecular flexibility index (Phi) is 8.63. The van der Waals surface area contributed by atoms with E-state index in [1.54, 1.807) is 49.9 Å². The number of hydrogen-bond acceptors (Lipinski definition) is 7. The summed E-state index contributed by atoms with van der Waals surface area (Å²) in [6.07, 6.45) is 0.773. The number of benzene rings is 2. The molecule has 0 saturated carbocycles. The fraction of sp³-hybridized carbons (Fsp3) is 0.517. The molecule has 4 rings (SSSR count). The summed E-state index contributed by atoms with van der Waals surface area (Å²) in [4.78, 5) is 27.3. The quantitative estimate of drug-likeness (QED) is 0.505. The van der Waals surface area contributed by atoms with Crippen molar-refractivity contribution in [1.29, 1.82) is 0 Å². The van der Waals surface area contributed by atoms with Crippen LogP contribution in [0.3, 0.4) is 0 Å². The van der Waals surface area contributed by atoms with E-state index in [0.717, 1.165) is 0 Å². The number of fused-ring (bicyclic) bond motifs is 1. The second kappa shape index (κ2) is 11.6. The van der Waals surface area contributed by atoms with Crippen LogP contribution in [0.15, 0.2) is 41.3 Å². The van der Waals surface area contributed by atoms with Crippen molar-refractivity contribution in [1.82, 2.24) is 10.2 Å². The first-order chi connectivity index (χ1) is 18.7. The third-order valence-corrected chi connectivity index (χ3v) is 8.35. The highest BCUT2D eigenvalue weighted by Gasteiger charge is 2.33. The topological polar surface area (TPSA) is 111 Å². The van der Waals surface area contributed by atoms with E-state index >= 15 is 0 Å². The molecule has 0 aromatic heterocycles. The Bertz CT molecular complexity index is 1360. The molecule has 9 nitrogen and oxygen atoms in total. The first-order valence-corrected chi connectivity index (χ1v) is 15.1. The van der Waals surface area contributed by atoms with Crippen LogP contribution in [0.25, 0.3) is 11.1 Å². The molecular weight excluding hydrogens is 539 g/mol. The van der Waals surface area contributed by atoms with Gasteiger partial charge in [0.1, 0.15) is 22.3 Å². The third kappa shape index (κ3) is 7.04. The summed E-state index contributed by atoms with van der Waals surface area (Å²) < 4.78 is 55.1. The molecule has 1 fully saturated rings. The first-order valence-electron chi connectivity index (χ1n) is 13.4. The lowest BCUT2D eigenvalue weighted by Crippen LogP contribution is -2.53. The van der Waals surface area contributed by atoms with E-state index in [1.165, 1.54) is 12.1 Å². The van der Waals surface area contributed by atoms with E-state index < -0.39 is 33.4 Å². The molecule has 1 atom stereocenters. The van der Waals surface area contributed by atoms with Crippen molar-refractivity contribution in [3.8, 4) is 22.6 Å². The van der Waals surface area contributed by atoms with Gasteiger partial charge in [0.05, 0.1) is 6.61 Å². The number of nitrogens with zero attached hydrogens (tertiary/aromatic N) is 1. The Hall–Kier alpha value is -3.34. The highest BCUT2D eigenvalue weighted by Crippen LogP contribution is 2.36. The Morgan fingerprint density at radius 2 is 1.75 bits per heavy atom. The maximum Gasteiger partial charge on any atom is 0.408 e. The van der Waals surface area contributed by atoms with E-state index in [-0.39, 0.29) is 40.1 Å². The monoisotopic (exact) mass is 576 g/mol. The Balaban J connectivity index is 1.30. The standard InChI is InChI=1S/C29H37FN2O7S/c1-18(2)26(31-28(34)39-29(3,4)5)27(33)32-12-10-19(11-13-32)16-37-23-8-6-20(14-22(23)30)21-7-9-25-24(15-21)38-17-40(25,35)36/h6-9,14-15,18-19,26H,10-13,16-17H2,1-5H3,(H,31,34)/t26-/m0/s1. The highest BCUT2D eigenvalue weighted by molar-refractivity contribution is 7.91. The predicted octanol–water partition coefficient (Wildman–Crippen LogP) is 4.78. The maximum atomic E-state index is 14.9. The van der Waals surface area contributed by atoms with Crippen molar-refractivity contribution in [2.75, 3.05) is 25.6 Å². The van der Waals surface area contributed by atoms with E-state index in [0.29, 0.717) is 43.7 Å². The van der Waals surface area contributed by atoms with Crippen molar-refractivity contribution >= 4 is 21.8 Å². The van der Waals surface area contributed by atoms with E-state index in [9.17, 15) is 22.4 Å². The molecule has 2 aliphatic heterocycles. The minimum absolute atomic E-state index is 0.107. The van der Waals surface area contributed by atoms with Crippen LogP contribution in [0.1, 0.15) is 47.5 Å². The van der Waals surface area contributed by atoms with Crippen LogP contribution in [-0.2, 0) is 19.4 Å². The summed E-state index contributed by atoms with van der Waals surface area (Å²) in [7, 11) is -3.42. The Labute approximate surface area is 234 Å². The summed E-state index contributed by atoms with van der Waals surface area (Å²) in [5.74, 6) is -0.614. The van der Waals surface area contributed by atoms with Gasteiger partial charge in [-0.1, -0.05) is 26.0 Å². The van der Waals surface area contributed by atoms with Gasteiger partial charge in [0.15, 0.2) is 17.5 Å². The van der Waals surface area contributed by atoms with Gasteiger partial charge >= 0.3 is 6.09 Å². The highest BCUT2D eigenvalue weighted by atomic mass is 32.2. The molecule has 1 saturated heterocycles. The fourth-order valence-corrected chi connectivity index (χ4v) is 5.84. The number of ether oxygens (including phenoxy) is 3. The number of piperidine rings is 1. The summed E-state index contributed by atoms with van der Waals surface area (Å²) in [6.45, 7) is 10.4. The third-order valence-electron chi connectivity index (χ3n) is 6.92. The van der Waals surface area contributed by atoms with Gasteiger partial charge in [-0.05, 0) is 80.8 Å². The van der Waals surface area contributed by atoms with Gasteiger partial charge in [-0.15, -0.1) is 0 Å². The minimum Gasteiger partial charge on any atom is -0.490 e. The number of nitrogens with one attached hydrogen (secondary N) is 1. The summed E-state index contributed by atoms with van der Waals surface area (Å²) in [6, 6.07) is 8.64. The molecule has 2 heterocycles. The zero-order valence-electron chi connectivity index (χ0n) is 23.5. The fourth-order valence-electron chi connectivity index (χ4n) is 4.73. The van der Waals surface area contributed by atoms with Crippen LogP contribution in [0.5, 0.6) is 11.5 Å². The van der Waals surface area contributed by atoms with Crippen molar-refractivity contribution in [2.45, 2.75) is 64.0 Å². The molecule has 2 aromatic carbocycles. The Morgan fingerprint density at radius 3 is 2.38 bits per heavy atom. The number of alkyl carbamates (subject to hydrolysis) is 1. The number of amides is 2. The van der Waals surface area contributed by atoms with Gasteiger partial charge in [0, 0.05) is 13.1 Å². The van der Waals surface area contributed by atoms with E-state index in [2.05, 4.69) is 5.32 Å². The number of carbonyl (C=O) groups excluding carboxylic acids is 2. The van der Waals surface area contributed by atoms with Gasteiger partial charge in [-0.3, -0.25) is 4.79 Å². The van der Waals surface area contributed by atoms with E-state index in [4.69, 9.17) is 14.2 Å². The zero-order chi connectivity index (χ0) is 29.2. The van der Waals surface area contributed by atoms with Crippen LogP contribution in [0.4, 0.5) is 9.18 Å². The lowest BCUT2D eigenvalue weighted by atomic mass is 9.95. The van der Waals surface area contributed by atoms with E-state index in [1.807, 2.05) is 13.8 Å². The van der Waals surface area contributed by atoms with Gasteiger partial charge in [-0.2, -0.15) is 0 Å². The summed E-state index contributed by atoms with van der Waals surface area (Å²) >= 11 is 0. The molecule has 2 aliphatic rings. The summed E-state index contributed by atoms with van der Waals surface area (Å²) in [5.41, 5.74) is 0.556. The zero-order valence-corrected chi connectivity index (χ0v) is 24.3. The largest absolute Gasteiger partial charge is 0.490 e. The molecule has 0 aliphatic carbocycles. The lowest BCUT2D eigenvalue weighted by molar-refractivity contribution is -0.136. The van der Waals surface area contributed by atoms with Gasteiger partial charge in [0.25, 0.3) is 0 Å². The smallest absolute Gasteiger partial charge is 0.408 e. The second-order valence-electron chi connectivity index (χ2n) is 11.6. The normalized spacial score (nSPS) is 17.6. The molecule has 2 amide bonds. The Morgan fingerprint density at radius 1 is 1.10 bits per heavy atom. The molecule has 2 aromatic rings. The molecular formula is C29H37FN2O7S. The number of sulfone groups is 1. The number of hydrogen-bond donors (Lipinski definition) is 1. The number of likely N-dealkylation sites (tertiary alicyclic amines) is 1. The van der Waals surface area contributed by atoms with Gasteiger partial charge in [0.2, 0.25) is 15.7 Å². The van der Waals surface area contributed by atoms with Crippen LogP contribution in [0.2, 0.25) is 0 Å². The lowest BCUT2D eigenvalue weighted by Gasteiger charge is -2.35.